The number of rotatable bonds is 4. The third kappa shape index (κ3) is 4.60. The average molecular weight is 580 g/mol. The van der Waals surface area contributed by atoms with Gasteiger partial charge in [0.05, 0.1) is 20.4 Å². The van der Waals surface area contributed by atoms with Crippen LogP contribution in [0.25, 0.3) is 22.0 Å². The van der Waals surface area contributed by atoms with Crippen LogP contribution in [0.2, 0.25) is 15.2 Å². The van der Waals surface area contributed by atoms with Gasteiger partial charge in [-0.2, -0.15) is 13.2 Å². The first-order chi connectivity index (χ1) is 17.5. The summed E-state index contributed by atoms with van der Waals surface area (Å²) in [5.41, 5.74) is -1.40. The van der Waals surface area contributed by atoms with Gasteiger partial charge in [0.2, 0.25) is 0 Å². The molecule has 0 saturated heterocycles. The fourth-order valence-electron chi connectivity index (χ4n) is 4.26. The summed E-state index contributed by atoms with van der Waals surface area (Å²) >= 11 is 20.1. The highest BCUT2D eigenvalue weighted by molar-refractivity contribution is 7.11. The van der Waals surface area contributed by atoms with E-state index < -0.39 is 17.5 Å². The van der Waals surface area contributed by atoms with Crippen molar-refractivity contribution in [2.75, 3.05) is 0 Å². The number of pyridine rings is 1. The van der Waals surface area contributed by atoms with Crippen LogP contribution in [0.5, 0.6) is 0 Å². The zero-order chi connectivity index (χ0) is 26.5. The zero-order valence-electron chi connectivity index (χ0n) is 18.9. The second-order valence-electron chi connectivity index (χ2n) is 8.32. The maximum absolute atomic E-state index is 14.1. The van der Waals surface area contributed by atoms with Gasteiger partial charge >= 0.3 is 6.18 Å². The molecule has 0 aliphatic heterocycles. The van der Waals surface area contributed by atoms with E-state index >= 15 is 0 Å². The number of benzene rings is 3. The van der Waals surface area contributed by atoms with Gasteiger partial charge in [-0.3, -0.25) is 0 Å². The predicted molar refractivity (Wildman–Crippen MR) is 143 cm³/mol. The Hall–Kier alpha value is -2.68. The van der Waals surface area contributed by atoms with E-state index in [4.69, 9.17) is 34.8 Å². The van der Waals surface area contributed by atoms with Gasteiger partial charge in [-0.15, -0.1) is 11.3 Å². The van der Waals surface area contributed by atoms with Crippen LogP contribution in [0.1, 0.15) is 26.7 Å². The molecule has 0 aliphatic rings. The van der Waals surface area contributed by atoms with Crippen LogP contribution in [-0.4, -0.2) is 15.1 Å². The lowest BCUT2D eigenvalue weighted by molar-refractivity contribution is -0.142. The molecule has 2 heterocycles. The first-order valence-corrected chi connectivity index (χ1v) is 12.8. The van der Waals surface area contributed by atoms with Crippen molar-refractivity contribution in [3.8, 4) is 11.1 Å². The molecule has 3 nitrogen and oxygen atoms in total. The molecular formula is C27H16Cl3F3N2OS. The lowest BCUT2D eigenvalue weighted by Gasteiger charge is -2.30. The first-order valence-electron chi connectivity index (χ1n) is 10.9. The van der Waals surface area contributed by atoms with E-state index in [-0.39, 0.29) is 31.2 Å². The number of aryl methyl sites for hydroxylation is 1. The van der Waals surface area contributed by atoms with Gasteiger partial charge in [-0.05, 0) is 47.9 Å². The smallest absolute Gasteiger partial charge is 0.375 e. The third-order valence-corrected chi connectivity index (χ3v) is 7.95. The van der Waals surface area contributed by atoms with Crippen molar-refractivity contribution < 1.29 is 18.3 Å². The molecule has 37 heavy (non-hydrogen) atoms. The number of aliphatic hydroxyl groups is 1. The Morgan fingerprint density at radius 2 is 1.49 bits per heavy atom. The topological polar surface area (TPSA) is 46.0 Å². The monoisotopic (exact) mass is 578 g/mol. The molecule has 0 saturated carbocycles. The van der Waals surface area contributed by atoms with Gasteiger partial charge in [0.15, 0.2) is 11.3 Å². The highest BCUT2D eigenvalue weighted by Gasteiger charge is 2.46. The summed E-state index contributed by atoms with van der Waals surface area (Å²) in [7, 11) is 0. The minimum atomic E-state index is -4.79. The van der Waals surface area contributed by atoms with E-state index in [1.54, 1.807) is 6.07 Å². The van der Waals surface area contributed by atoms with Crippen molar-refractivity contribution >= 4 is 57.0 Å². The Morgan fingerprint density at radius 1 is 0.838 bits per heavy atom. The number of aromatic nitrogens is 2. The number of hydrogen-bond donors (Lipinski definition) is 1. The lowest BCUT2D eigenvalue weighted by atomic mass is 9.83. The fourth-order valence-corrected chi connectivity index (χ4v) is 6.15. The highest BCUT2D eigenvalue weighted by atomic mass is 35.5. The molecule has 188 valence electrons. The first kappa shape index (κ1) is 25.9. The molecule has 0 spiro atoms. The predicted octanol–water partition coefficient (Wildman–Crippen LogP) is 8.93. The van der Waals surface area contributed by atoms with Crippen molar-refractivity contribution in [2.45, 2.75) is 18.7 Å². The Kier molecular flexibility index (Phi) is 6.71. The van der Waals surface area contributed by atoms with Gasteiger partial charge in [0, 0.05) is 16.0 Å². The zero-order valence-corrected chi connectivity index (χ0v) is 22.0. The van der Waals surface area contributed by atoms with E-state index in [1.165, 1.54) is 43.3 Å². The minimum Gasteiger partial charge on any atom is -0.375 e. The summed E-state index contributed by atoms with van der Waals surface area (Å²) in [6, 6.07) is 19.7. The van der Waals surface area contributed by atoms with Crippen LogP contribution in [-0.2, 0) is 11.8 Å². The summed E-state index contributed by atoms with van der Waals surface area (Å²) in [6.45, 7) is 1.46. The van der Waals surface area contributed by atoms with Crippen LogP contribution in [0.3, 0.4) is 0 Å². The van der Waals surface area contributed by atoms with Gasteiger partial charge in [-0.25, -0.2) is 9.97 Å². The number of nitrogens with zero attached hydrogens (tertiary/aromatic N) is 2. The molecule has 1 atom stereocenters. The normalized spacial score (nSPS) is 13.6. The Bertz CT molecular complexity index is 1620. The summed E-state index contributed by atoms with van der Waals surface area (Å²) < 4.78 is 42.2. The third-order valence-electron chi connectivity index (χ3n) is 5.95. The highest BCUT2D eigenvalue weighted by Crippen LogP contribution is 2.47. The molecule has 10 heteroatoms. The summed E-state index contributed by atoms with van der Waals surface area (Å²) in [4.78, 5) is 7.80. The maximum Gasteiger partial charge on any atom is 0.434 e. The Balaban J connectivity index is 1.82. The van der Waals surface area contributed by atoms with Gasteiger partial charge in [0.1, 0.15) is 5.15 Å². The van der Waals surface area contributed by atoms with E-state index in [0.717, 1.165) is 16.9 Å². The van der Waals surface area contributed by atoms with E-state index in [0.29, 0.717) is 21.5 Å². The van der Waals surface area contributed by atoms with Crippen molar-refractivity contribution in [1.29, 1.82) is 0 Å². The molecule has 0 bridgehead atoms. The second kappa shape index (κ2) is 9.57. The lowest BCUT2D eigenvalue weighted by Crippen LogP contribution is -2.30. The standard InChI is InChI=1S/C27H16Cl3F3N2OS/c1-14-34-23(27(31,32)33)24(37-14)26(36,16-7-10-18(28)11-8-16)17-9-12-20-19(13-17)22(29)21(25(30)35-20)15-5-3-2-4-6-15/h2-13,36H,1H3. The quantitative estimate of drug-likeness (QED) is 0.216. The summed E-state index contributed by atoms with van der Waals surface area (Å²) in [6.07, 6.45) is -4.79. The van der Waals surface area contributed by atoms with Gasteiger partial charge in [-0.1, -0.05) is 83.3 Å². The van der Waals surface area contributed by atoms with Gasteiger partial charge in [0.25, 0.3) is 0 Å². The molecule has 1 N–H and O–H groups in total. The van der Waals surface area contributed by atoms with Crippen molar-refractivity contribution in [2.24, 2.45) is 0 Å². The van der Waals surface area contributed by atoms with Crippen LogP contribution >= 0.6 is 46.1 Å². The van der Waals surface area contributed by atoms with Crippen molar-refractivity contribution in [1.82, 2.24) is 9.97 Å². The van der Waals surface area contributed by atoms with Gasteiger partial charge < -0.3 is 5.11 Å². The average Bonchev–Trinajstić information content (AvgIpc) is 3.27. The summed E-state index contributed by atoms with van der Waals surface area (Å²) in [5, 5.41) is 13.6. The van der Waals surface area contributed by atoms with E-state index in [2.05, 4.69) is 9.97 Å². The van der Waals surface area contributed by atoms with Crippen LogP contribution in [0, 0.1) is 6.92 Å². The molecule has 0 radical (unpaired) electrons. The molecule has 3 aromatic carbocycles. The molecule has 1 unspecified atom stereocenters. The molecular weight excluding hydrogens is 564 g/mol. The molecule has 0 amide bonds. The van der Waals surface area contributed by atoms with Crippen molar-refractivity contribution in [3.63, 3.8) is 0 Å². The van der Waals surface area contributed by atoms with E-state index in [9.17, 15) is 18.3 Å². The maximum atomic E-state index is 14.1. The number of alkyl halides is 3. The number of hydrogen-bond acceptors (Lipinski definition) is 4. The van der Waals surface area contributed by atoms with Crippen LogP contribution in [0.4, 0.5) is 13.2 Å². The van der Waals surface area contributed by atoms with Crippen LogP contribution < -0.4 is 0 Å². The van der Waals surface area contributed by atoms with E-state index in [1.807, 2.05) is 30.3 Å². The molecule has 2 aromatic heterocycles. The van der Waals surface area contributed by atoms with Crippen LogP contribution in [0.15, 0.2) is 72.8 Å². The SMILES string of the molecule is Cc1nc(C(F)(F)F)c(C(O)(c2ccc(Cl)cc2)c2ccc3nc(Cl)c(-c4ccccc4)c(Cl)c3c2)s1. The summed E-state index contributed by atoms with van der Waals surface area (Å²) in [5.74, 6) is 0. The molecule has 5 aromatic rings. The fraction of sp³-hybridized carbons (Fsp3) is 0.111. The number of fused-ring (bicyclic) bond motifs is 1. The molecule has 0 fully saturated rings. The number of halogens is 6. The Morgan fingerprint density at radius 3 is 2.14 bits per heavy atom. The van der Waals surface area contributed by atoms with Crippen molar-refractivity contribution in [3.05, 3.63) is 115 Å². The Labute approximate surface area is 229 Å². The largest absolute Gasteiger partial charge is 0.434 e. The molecule has 0 aliphatic carbocycles. The number of thiazole rings is 1. The molecule has 5 rings (SSSR count). The minimum absolute atomic E-state index is 0.154. The second-order valence-corrected chi connectivity index (χ2v) is 10.7.